The van der Waals surface area contributed by atoms with Gasteiger partial charge in [-0.2, -0.15) is 11.8 Å². The molecule has 2 saturated heterocycles. The maximum absolute atomic E-state index is 12.0. The van der Waals surface area contributed by atoms with E-state index < -0.39 is 0 Å². The fourth-order valence-electron chi connectivity index (χ4n) is 2.72. The molecule has 0 aliphatic carbocycles. The lowest BCUT2D eigenvalue weighted by molar-refractivity contribution is -0.148. The van der Waals surface area contributed by atoms with Crippen LogP contribution in [-0.2, 0) is 9.59 Å². The van der Waals surface area contributed by atoms with E-state index in [9.17, 15) is 9.59 Å². The number of hydrogen-bond donors (Lipinski definition) is 1. The molecule has 2 amide bonds. The Morgan fingerprint density at radius 1 is 1.39 bits per heavy atom. The van der Waals surface area contributed by atoms with E-state index >= 15 is 0 Å². The first-order chi connectivity index (χ1) is 8.39. The van der Waals surface area contributed by atoms with E-state index in [0.29, 0.717) is 24.3 Å². The number of nitrogens with one attached hydrogen (secondary N) is 1. The van der Waals surface area contributed by atoms with E-state index in [1.165, 1.54) is 10.7 Å². The highest BCUT2D eigenvalue weighted by Gasteiger charge is 2.35. The third kappa shape index (κ3) is 3.06. The van der Waals surface area contributed by atoms with Gasteiger partial charge in [0, 0.05) is 25.3 Å². The quantitative estimate of drug-likeness (QED) is 0.767. The van der Waals surface area contributed by atoms with E-state index in [1.54, 1.807) is 7.05 Å². The summed E-state index contributed by atoms with van der Waals surface area (Å²) in [4.78, 5) is 24.7. The van der Waals surface area contributed by atoms with E-state index in [2.05, 4.69) is 19.2 Å². The van der Waals surface area contributed by atoms with Crippen molar-refractivity contribution in [1.82, 2.24) is 10.2 Å². The number of piperidine rings is 1. The molecule has 2 fully saturated rings. The Labute approximate surface area is 113 Å². The summed E-state index contributed by atoms with van der Waals surface area (Å²) in [6.45, 7) is 4.54. The Morgan fingerprint density at radius 2 is 2.11 bits per heavy atom. The first kappa shape index (κ1) is 13.9. The number of thioether (sulfide) groups is 1. The molecule has 18 heavy (non-hydrogen) atoms. The highest BCUT2D eigenvalue weighted by atomic mass is 32.2. The van der Waals surface area contributed by atoms with Crippen molar-refractivity contribution >= 4 is 23.6 Å². The number of carbonyl (C=O) groups is 2. The van der Waals surface area contributed by atoms with Crippen LogP contribution in [0.1, 0.15) is 33.1 Å². The second-order valence-electron chi connectivity index (χ2n) is 6.13. The van der Waals surface area contributed by atoms with Gasteiger partial charge in [-0.05, 0) is 24.0 Å². The van der Waals surface area contributed by atoms with E-state index in [0.717, 1.165) is 12.2 Å². The van der Waals surface area contributed by atoms with E-state index in [-0.39, 0.29) is 17.9 Å². The fraction of sp³-hybridized carbons (Fsp3) is 0.846. The molecule has 0 aromatic heterocycles. The van der Waals surface area contributed by atoms with Gasteiger partial charge >= 0.3 is 0 Å². The van der Waals surface area contributed by atoms with Gasteiger partial charge in [0.25, 0.3) is 0 Å². The van der Waals surface area contributed by atoms with E-state index in [4.69, 9.17) is 0 Å². The predicted molar refractivity (Wildman–Crippen MR) is 73.4 cm³/mol. The Bertz CT molecular complexity index is 357. The molecule has 2 aliphatic heterocycles. The zero-order valence-corrected chi connectivity index (χ0v) is 12.2. The smallest absolute Gasteiger partial charge is 0.246 e. The summed E-state index contributed by atoms with van der Waals surface area (Å²) in [5.41, 5.74) is 0.333. The summed E-state index contributed by atoms with van der Waals surface area (Å²) in [5.74, 6) is 2.11. The minimum atomic E-state index is -0.174. The molecule has 0 bridgehead atoms. The van der Waals surface area contributed by atoms with Gasteiger partial charge in [0.2, 0.25) is 11.8 Å². The van der Waals surface area contributed by atoms with Crippen molar-refractivity contribution in [2.45, 2.75) is 45.2 Å². The van der Waals surface area contributed by atoms with Gasteiger partial charge in [-0.25, -0.2) is 0 Å². The van der Waals surface area contributed by atoms with Crippen LogP contribution in [0.15, 0.2) is 0 Å². The van der Waals surface area contributed by atoms with Gasteiger partial charge in [0.1, 0.15) is 0 Å². The molecule has 0 saturated carbocycles. The van der Waals surface area contributed by atoms with Gasteiger partial charge in [-0.1, -0.05) is 13.8 Å². The predicted octanol–water partition coefficient (Wildman–Crippen LogP) is 1.26. The molecule has 2 rings (SSSR count). The number of rotatable bonds is 2. The maximum atomic E-state index is 12.0. The summed E-state index contributed by atoms with van der Waals surface area (Å²) < 4.78 is 0. The fourth-order valence-corrected chi connectivity index (χ4v) is 4.01. The summed E-state index contributed by atoms with van der Waals surface area (Å²) in [6, 6.07) is 0.210. The number of imide groups is 1. The standard InChI is InChI=1S/C13H22N2O2S/c1-13(2)6-9(7-18-8-13)14-10-4-5-11(16)15(3)12(10)17/h9-10,14H,4-8H2,1-3H3. The van der Waals surface area contributed by atoms with Crippen LogP contribution >= 0.6 is 11.8 Å². The molecule has 0 aromatic rings. The maximum Gasteiger partial charge on any atom is 0.246 e. The first-order valence-corrected chi connectivity index (χ1v) is 7.69. The van der Waals surface area contributed by atoms with Crippen LogP contribution in [0, 0.1) is 5.41 Å². The largest absolute Gasteiger partial charge is 0.302 e. The van der Waals surface area contributed by atoms with Crippen molar-refractivity contribution in [2.75, 3.05) is 18.6 Å². The van der Waals surface area contributed by atoms with Gasteiger partial charge < -0.3 is 5.32 Å². The van der Waals surface area contributed by atoms with Gasteiger partial charge in [0.05, 0.1) is 6.04 Å². The van der Waals surface area contributed by atoms with Crippen LogP contribution in [0.3, 0.4) is 0 Å². The molecule has 2 heterocycles. The number of likely N-dealkylation sites (tertiary alicyclic amines) is 1. The molecule has 2 aliphatic rings. The second kappa shape index (κ2) is 5.21. The lowest BCUT2D eigenvalue weighted by Gasteiger charge is -2.38. The highest BCUT2D eigenvalue weighted by Crippen LogP contribution is 2.33. The summed E-state index contributed by atoms with van der Waals surface area (Å²) >= 11 is 1.95. The van der Waals surface area contributed by atoms with Crippen LogP contribution < -0.4 is 5.32 Å². The number of nitrogens with zero attached hydrogens (tertiary/aromatic N) is 1. The SMILES string of the molecule is CN1C(=O)CCC(NC2CSCC(C)(C)C2)C1=O. The molecule has 2 atom stereocenters. The molecule has 4 nitrogen and oxygen atoms in total. The number of hydrogen-bond acceptors (Lipinski definition) is 4. The van der Waals surface area contributed by atoms with Crippen LogP contribution in [0.4, 0.5) is 0 Å². The van der Waals surface area contributed by atoms with Gasteiger partial charge in [0.15, 0.2) is 0 Å². The molecule has 0 spiro atoms. The van der Waals surface area contributed by atoms with Crippen molar-refractivity contribution < 1.29 is 9.59 Å². The minimum absolute atomic E-state index is 0.0589. The first-order valence-electron chi connectivity index (χ1n) is 6.53. The third-order valence-electron chi connectivity index (χ3n) is 3.70. The van der Waals surface area contributed by atoms with Gasteiger partial charge in [-0.15, -0.1) is 0 Å². The second-order valence-corrected chi connectivity index (χ2v) is 7.16. The number of carbonyl (C=O) groups excluding carboxylic acids is 2. The van der Waals surface area contributed by atoms with E-state index in [1.807, 2.05) is 11.8 Å². The zero-order chi connectivity index (χ0) is 13.3. The average molecular weight is 270 g/mol. The molecule has 1 N–H and O–H groups in total. The third-order valence-corrected chi connectivity index (χ3v) is 5.32. The van der Waals surface area contributed by atoms with Crippen LogP contribution in [-0.4, -0.2) is 47.4 Å². The van der Waals surface area contributed by atoms with Crippen LogP contribution in [0.2, 0.25) is 0 Å². The Kier molecular flexibility index (Phi) is 4.02. The molecule has 102 valence electrons. The van der Waals surface area contributed by atoms with Crippen molar-refractivity contribution in [3.8, 4) is 0 Å². The molecular formula is C13H22N2O2S. The number of amides is 2. The monoisotopic (exact) mass is 270 g/mol. The summed E-state index contributed by atoms with van der Waals surface area (Å²) in [5, 5.41) is 3.45. The molecular weight excluding hydrogens is 248 g/mol. The zero-order valence-electron chi connectivity index (χ0n) is 11.4. The molecule has 0 radical (unpaired) electrons. The van der Waals surface area contributed by atoms with Crippen LogP contribution in [0.25, 0.3) is 0 Å². The normalized spacial score (nSPS) is 32.7. The highest BCUT2D eigenvalue weighted by molar-refractivity contribution is 7.99. The van der Waals surface area contributed by atoms with Crippen molar-refractivity contribution in [3.63, 3.8) is 0 Å². The van der Waals surface area contributed by atoms with Crippen molar-refractivity contribution in [3.05, 3.63) is 0 Å². The van der Waals surface area contributed by atoms with Gasteiger partial charge in [-0.3, -0.25) is 14.5 Å². The minimum Gasteiger partial charge on any atom is -0.302 e. The average Bonchev–Trinajstić information content (AvgIpc) is 2.29. The lowest BCUT2D eigenvalue weighted by Crippen LogP contribution is -2.55. The lowest BCUT2D eigenvalue weighted by atomic mass is 9.87. The summed E-state index contributed by atoms with van der Waals surface area (Å²) in [6.07, 6.45) is 2.22. The Hall–Kier alpha value is -0.550. The molecule has 0 aromatic carbocycles. The molecule has 5 heteroatoms. The Morgan fingerprint density at radius 3 is 2.78 bits per heavy atom. The summed E-state index contributed by atoms with van der Waals surface area (Å²) in [7, 11) is 1.58. The number of likely N-dealkylation sites (N-methyl/N-ethyl adjacent to an activating group) is 1. The Balaban J connectivity index is 1.93. The van der Waals surface area contributed by atoms with Crippen molar-refractivity contribution in [1.29, 1.82) is 0 Å². The molecule has 2 unspecified atom stereocenters. The van der Waals surface area contributed by atoms with Crippen molar-refractivity contribution in [2.24, 2.45) is 5.41 Å². The topological polar surface area (TPSA) is 49.4 Å². The van der Waals surface area contributed by atoms with Crippen LogP contribution in [0.5, 0.6) is 0 Å².